The number of carbonyl (C=O) groups is 1. The fraction of sp³-hybridized carbons (Fsp3) is 0.174. The van der Waals surface area contributed by atoms with Crippen molar-refractivity contribution in [1.29, 1.82) is 0 Å². The largest absolute Gasteiger partial charge is 0.478 e. The van der Waals surface area contributed by atoms with Crippen LogP contribution in [0.25, 0.3) is 11.1 Å². The molecule has 6 nitrogen and oxygen atoms in total. The first-order valence-corrected chi connectivity index (χ1v) is 12.5. The third-order valence-corrected chi connectivity index (χ3v) is 7.47. The lowest BCUT2D eigenvalue weighted by Crippen LogP contribution is -2.33. The van der Waals surface area contributed by atoms with Crippen LogP contribution >= 0.6 is 11.8 Å². The lowest BCUT2D eigenvalue weighted by Gasteiger charge is -2.29. The van der Waals surface area contributed by atoms with Gasteiger partial charge in [-0.3, -0.25) is 4.72 Å². The Labute approximate surface area is 186 Å². The molecule has 3 aromatic rings. The number of aromatic carboxylic acids is 1. The van der Waals surface area contributed by atoms with Crippen LogP contribution in [-0.2, 0) is 10.0 Å². The third-order valence-electron chi connectivity index (χ3n) is 5.09. The molecule has 4 rings (SSSR count). The molecule has 160 valence electrons. The highest BCUT2D eigenvalue weighted by molar-refractivity contribution is 7.99. The summed E-state index contributed by atoms with van der Waals surface area (Å²) in [6.07, 6.45) is 0. The van der Waals surface area contributed by atoms with Crippen molar-refractivity contribution in [1.82, 2.24) is 0 Å². The summed E-state index contributed by atoms with van der Waals surface area (Å²) in [6.45, 7) is 1.53. The van der Waals surface area contributed by atoms with Gasteiger partial charge in [-0.1, -0.05) is 48.5 Å². The standard InChI is InChI=1S/C23H22N2O4S2/c26-23(27)20-16-18(10-11-21(20)25-12-14-30-15-13-25)24-31(28,29)22-9-5-4-8-19(22)17-6-2-1-3-7-17/h1-11,16,24H,12-15H2,(H,26,27). The van der Waals surface area contributed by atoms with E-state index in [0.717, 1.165) is 30.2 Å². The molecule has 0 unspecified atom stereocenters. The number of nitrogens with zero attached hydrogens (tertiary/aromatic N) is 1. The van der Waals surface area contributed by atoms with E-state index in [4.69, 9.17) is 0 Å². The molecule has 0 saturated carbocycles. The van der Waals surface area contributed by atoms with Crippen LogP contribution in [0.3, 0.4) is 0 Å². The van der Waals surface area contributed by atoms with Gasteiger partial charge in [0.15, 0.2) is 0 Å². The van der Waals surface area contributed by atoms with E-state index in [0.29, 0.717) is 11.3 Å². The molecule has 1 fully saturated rings. The van der Waals surface area contributed by atoms with E-state index in [1.165, 1.54) is 6.07 Å². The van der Waals surface area contributed by atoms with Gasteiger partial charge < -0.3 is 10.0 Å². The maximum atomic E-state index is 13.2. The summed E-state index contributed by atoms with van der Waals surface area (Å²) in [5.41, 5.74) is 2.28. The van der Waals surface area contributed by atoms with Crippen molar-refractivity contribution in [3.05, 3.63) is 78.4 Å². The topological polar surface area (TPSA) is 86.7 Å². The van der Waals surface area contributed by atoms with Crippen molar-refractivity contribution in [2.24, 2.45) is 0 Å². The molecule has 0 amide bonds. The van der Waals surface area contributed by atoms with E-state index in [9.17, 15) is 18.3 Å². The minimum absolute atomic E-state index is 0.0865. The Kier molecular flexibility index (Phi) is 6.20. The van der Waals surface area contributed by atoms with Gasteiger partial charge in [0.05, 0.1) is 16.1 Å². The summed E-state index contributed by atoms with van der Waals surface area (Å²) >= 11 is 1.83. The first-order chi connectivity index (χ1) is 15.0. The van der Waals surface area contributed by atoms with Gasteiger partial charge in [0.1, 0.15) is 0 Å². The monoisotopic (exact) mass is 454 g/mol. The zero-order chi connectivity index (χ0) is 21.8. The normalized spacial score (nSPS) is 14.3. The van der Waals surface area contributed by atoms with Crippen molar-refractivity contribution in [2.75, 3.05) is 34.2 Å². The van der Waals surface area contributed by atoms with Gasteiger partial charge in [0.25, 0.3) is 10.0 Å². The molecule has 0 radical (unpaired) electrons. The van der Waals surface area contributed by atoms with Gasteiger partial charge in [-0.25, -0.2) is 13.2 Å². The van der Waals surface area contributed by atoms with E-state index in [1.54, 1.807) is 36.4 Å². The second-order valence-corrected chi connectivity index (χ2v) is 9.98. The molecule has 0 spiro atoms. The van der Waals surface area contributed by atoms with E-state index in [-0.39, 0.29) is 16.1 Å². The molecule has 0 aromatic heterocycles. The minimum atomic E-state index is -3.93. The highest BCUT2D eigenvalue weighted by atomic mass is 32.2. The van der Waals surface area contributed by atoms with E-state index < -0.39 is 16.0 Å². The number of sulfonamides is 1. The summed E-state index contributed by atoms with van der Waals surface area (Å²) in [5, 5.41) is 9.72. The van der Waals surface area contributed by atoms with Crippen LogP contribution < -0.4 is 9.62 Å². The zero-order valence-corrected chi connectivity index (χ0v) is 18.3. The fourth-order valence-electron chi connectivity index (χ4n) is 3.62. The predicted octanol–water partition coefficient (Wildman–Crippen LogP) is 4.41. The van der Waals surface area contributed by atoms with Gasteiger partial charge in [-0.2, -0.15) is 11.8 Å². The van der Waals surface area contributed by atoms with Crippen molar-refractivity contribution >= 4 is 39.1 Å². The molecule has 1 aliphatic rings. The van der Waals surface area contributed by atoms with Crippen LogP contribution in [0.15, 0.2) is 77.7 Å². The molecule has 0 aliphatic carbocycles. The Balaban J connectivity index is 1.68. The summed E-state index contributed by atoms with van der Waals surface area (Å²) in [7, 11) is -3.93. The van der Waals surface area contributed by atoms with Gasteiger partial charge in [0, 0.05) is 35.8 Å². The number of nitrogens with one attached hydrogen (secondary N) is 1. The Bertz CT molecular complexity index is 1190. The van der Waals surface area contributed by atoms with Gasteiger partial charge in [-0.05, 0) is 29.8 Å². The summed E-state index contributed by atoms with van der Waals surface area (Å²) < 4.78 is 28.9. The van der Waals surface area contributed by atoms with Crippen molar-refractivity contribution in [2.45, 2.75) is 4.90 Å². The first-order valence-electron chi connectivity index (χ1n) is 9.83. The van der Waals surface area contributed by atoms with Crippen molar-refractivity contribution in [3.8, 4) is 11.1 Å². The lowest BCUT2D eigenvalue weighted by atomic mass is 10.1. The SMILES string of the molecule is O=C(O)c1cc(NS(=O)(=O)c2ccccc2-c2ccccc2)ccc1N1CCSCC1. The smallest absolute Gasteiger partial charge is 0.337 e. The summed E-state index contributed by atoms with van der Waals surface area (Å²) in [4.78, 5) is 14.0. The molecule has 3 aromatic carbocycles. The second kappa shape index (κ2) is 9.03. The van der Waals surface area contributed by atoms with Crippen LogP contribution in [0.2, 0.25) is 0 Å². The second-order valence-electron chi connectivity index (χ2n) is 7.10. The minimum Gasteiger partial charge on any atom is -0.478 e. The number of hydrogen-bond acceptors (Lipinski definition) is 5. The molecule has 8 heteroatoms. The van der Waals surface area contributed by atoms with Crippen LogP contribution in [0.1, 0.15) is 10.4 Å². The molecule has 0 bridgehead atoms. The average molecular weight is 455 g/mol. The molecule has 2 N–H and O–H groups in total. The summed E-state index contributed by atoms with van der Waals surface area (Å²) in [6, 6.07) is 20.7. The first kappa shape index (κ1) is 21.3. The zero-order valence-electron chi connectivity index (χ0n) is 16.7. The number of benzene rings is 3. The van der Waals surface area contributed by atoms with Crippen LogP contribution in [0, 0.1) is 0 Å². The highest BCUT2D eigenvalue weighted by Crippen LogP contribution is 2.31. The number of hydrogen-bond donors (Lipinski definition) is 2. The number of rotatable bonds is 6. The average Bonchev–Trinajstić information content (AvgIpc) is 2.80. The molecular weight excluding hydrogens is 432 g/mol. The fourth-order valence-corrected chi connectivity index (χ4v) is 5.80. The Morgan fingerprint density at radius 3 is 2.32 bits per heavy atom. The number of carboxylic acid groups (broad SMARTS) is 1. The molecular formula is C23H22N2O4S2. The summed E-state index contributed by atoms with van der Waals surface area (Å²) in [5.74, 6) is 0.784. The van der Waals surface area contributed by atoms with E-state index >= 15 is 0 Å². The molecule has 0 atom stereocenters. The van der Waals surface area contributed by atoms with Crippen LogP contribution in [0.5, 0.6) is 0 Å². The number of anilines is 2. The third kappa shape index (κ3) is 4.70. The molecule has 31 heavy (non-hydrogen) atoms. The van der Waals surface area contributed by atoms with Crippen molar-refractivity contribution in [3.63, 3.8) is 0 Å². The van der Waals surface area contributed by atoms with E-state index in [1.807, 2.05) is 47.0 Å². The van der Waals surface area contributed by atoms with Gasteiger partial charge >= 0.3 is 5.97 Å². The van der Waals surface area contributed by atoms with Gasteiger partial charge in [0.2, 0.25) is 0 Å². The predicted molar refractivity (Wildman–Crippen MR) is 126 cm³/mol. The Morgan fingerprint density at radius 1 is 0.935 bits per heavy atom. The molecule has 1 aliphatic heterocycles. The number of carboxylic acids is 1. The Hall–Kier alpha value is -2.97. The van der Waals surface area contributed by atoms with Crippen molar-refractivity contribution < 1.29 is 18.3 Å². The maximum absolute atomic E-state index is 13.2. The van der Waals surface area contributed by atoms with Crippen LogP contribution in [-0.4, -0.2) is 44.1 Å². The molecule has 1 heterocycles. The quantitative estimate of drug-likeness (QED) is 0.574. The molecule has 1 saturated heterocycles. The maximum Gasteiger partial charge on any atom is 0.337 e. The van der Waals surface area contributed by atoms with E-state index in [2.05, 4.69) is 4.72 Å². The van der Waals surface area contributed by atoms with Crippen LogP contribution in [0.4, 0.5) is 11.4 Å². The van der Waals surface area contributed by atoms with Gasteiger partial charge in [-0.15, -0.1) is 0 Å². The lowest BCUT2D eigenvalue weighted by molar-refractivity contribution is 0.0697. The number of thioether (sulfide) groups is 1. The highest BCUT2D eigenvalue weighted by Gasteiger charge is 2.22. The Morgan fingerprint density at radius 2 is 1.61 bits per heavy atom.